The fraction of sp³-hybridized carbons (Fsp3) is 0.240. The number of amides is 1. The number of carbonyl (C=O) groups excluding carboxylic acids is 2. The van der Waals surface area contributed by atoms with Gasteiger partial charge in [0, 0.05) is 34.4 Å². The third-order valence-electron chi connectivity index (χ3n) is 5.71. The molecule has 4 heterocycles. The summed E-state index contributed by atoms with van der Waals surface area (Å²) in [7, 11) is 0. The topological polar surface area (TPSA) is 75.3 Å². The van der Waals surface area contributed by atoms with E-state index >= 15 is 0 Å². The van der Waals surface area contributed by atoms with Crippen LogP contribution < -0.4 is 0 Å². The summed E-state index contributed by atoms with van der Waals surface area (Å²) in [4.78, 5) is 37.2. The summed E-state index contributed by atoms with van der Waals surface area (Å²) in [6.45, 7) is 6.60. The quantitative estimate of drug-likeness (QED) is 0.383. The van der Waals surface area contributed by atoms with Crippen molar-refractivity contribution in [3.05, 3.63) is 70.3 Å². The van der Waals surface area contributed by atoms with Gasteiger partial charge in [0.15, 0.2) is 0 Å². The van der Waals surface area contributed by atoms with Crippen LogP contribution in [0.2, 0.25) is 0 Å². The molecule has 0 radical (unpaired) electrons. The first-order valence-electron chi connectivity index (χ1n) is 10.7. The molecule has 0 aliphatic carbocycles. The zero-order valence-electron chi connectivity index (χ0n) is 18.5. The predicted molar refractivity (Wildman–Crippen MR) is 132 cm³/mol. The van der Waals surface area contributed by atoms with Crippen LogP contribution in [0.25, 0.3) is 26.4 Å². The first kappa shape index (κ1) is 21.6. The molecule has 3 aromatic heterocycles. The number of hydrogen-bond donors (Lipinski definition) is 1. The van der Waals surface area contributed by atoms with E-state index < -0.39 is 11.4 Å². The average molecular weight is 478 g/mol. The molecular weight excluding hydrogens is 454 g/mol. The van der Waals surface area contributed by atoms with Gasteiger partial charge in [-0.05, 0) is 30.0 Å². The molecule has 0 fully saturated rings. The summed E-state index contributed by atoms with van der Waals surface area (Å²) in [6, 6.07) is 11.9. The maximum absolute atomic E-state index is 13.6. The fourth-order valence-corrected chi connectivity index (χ4v) is 5.95. The Labute approximate surface area is 199 Å². The van der Waals surface area contributed by atoms with Gasteiger partial charge in [-0.3, -0.25) is 4.79 Å². The minimum Gasteiger partial charge on any atom is -0.462 e. The van der Waals surface area contributed by atoms with E-state index in [2.05, 4.69) is 23.8 Å². The molecule has 0 atom stereocenters. The van der Waals surface area contributed by atoms with Gasteiger partial charge in [-0.25, -0.2) is 9.78 Å². The Morgan fingerprint density at radius 3 is 2.76 bits per heavy atom. The molecule has 0 bridgehead atoms. The van der Waals surface area contributed by atoms with Crippen LogP contribution in [0.15, 0.2) is 53.4 Å². The molecule has 1 amide bonds. The molecule has 1 aromatic carbocycles. The number of hydrogen-bond acceptors (Lipinski definition) is 6. The van der Waals surface area contributed by atoms with Crippen LogP contribution in [-0.2, 0) is 14.9 Å². The van der Waals surface area contributed by atoms with E-state index in [9.17, 15) is 9.59 Å². The maximum Gasteiger partial charge on any atom is 0.341 e. The Morgan fingerprint density at radius 2 is 2.00 bits per heavy atom. The summed E-state index contributed by atoms with van der Waals surface area (Å²) < 4.78 is 5.37. The van der Waals surface area contributed by atoms with Crippen LogP contribution in [0.1, 0.15) is 42.5 Å². The second-order valence-corrected chi connectivity index (χ2v) is 10.3. The Bertz CT molecular complexity index is 1380. The lowest BCUT2D eigenvalue weighted by molar-refractivity contribution is -0.136. The van der Waals surface area contributed by atoms with Gasteiger partial charge < -0.3 is 14.6 Å². The molecule has 8 heteroatoms. The molecule has 6 nitrogen and oxygen atoms in total. The SMILES string of the molecule is CCOC(=O)C1=CN(C(=O)c2csc(-c3cccs3)n2)CC(C)(C)c2c1[nH]c1ccccc21. The number of H-pyrrole nitrogens is 1. The normalized spacial score (nSPS) is 15.1. The van der Waals surface area contributed by atoms with E-state index in [1.165, 1.54) is 11.3 Å². The summed E-state index contributed by atoms with van der Waals surface area (Å²) >= 11 is 3.03. The highest BCUT2D eigenvalue weighted by Gasteiger charge is 2.37. The minimum absolute atomic E-state index is 0.238. The molecule has 0 spiro atoms. The molecule has 1 aliphatic heterocycles. The minimum atomic E-state index is -0.460. The van der Waals surface area contributed by atoms with Crippen molar-refractivity contribution in [1.29, 1.82) is 0 Å². The van der Waals surface area contributed by atoms with Gasteiger partial charge in [0.25, 0.3) is 5.91 Å². The van der Waals surface area contributed by atoms with Crippen molar-refractivity contribution < 1.29 is 14.3 Å². The monoisotopic (exact) mass is 477 g/mol. The summed E-state index contributed by atoms with van der Waals surface area (Å²) in [5.74, 6) is -0.697. The first-order chi connectivity index (χ1) is 15.9. The summed E-state index contributed by atoms with van der Waals surface area (Å²) in [6.07, 6.45) is 1.62. The van der Waals surface area contributed by atoms with Crippen molar-refractivity contribution in [2.24, 2.45) is 0 Å². The number of carbonyl (C=O) groups is 2. The number of nitrogens with one attached hydrogen (secondary N) is 1. The van der Waals surface area contributed by atoms with Crippen molar-refractivity contribution in [2.45, 2.75) is 26.2 Å². The van der Waals surface area contributed by atoms with Crippen LogP contribution >= 0.6 is 22.7 Å². The standard InChI is InChI=1S/C25H23N3O3S2/c1-4-31-24(30)16-12-28(23(29)18-13-33-22(27-18)19-10-7-11-32-19)14-25(2,3)20-15-8-5-6-9-17(15)26-21(16)20/h5-13,26H,4,14H2,1-3H3. The van der Waals surface area contributed by atoms with Crippen LogP contribution in [-0.4, -0.2) is 39.9 Å². The lowest BCUT2D eigenvalue weighted by Crippen LogP contribution is -2.37. The van der Waals surface area contributed by atoms with Crippen LogP contribution in [0, 0.1) is 0 Å². The number of nitrogens with zero attached hydrogens (tertiary/aromatic N) is 2. The highest BCUT2D eigenvalue weighted by Crippen LogP contribution is 2.40. The molecule has 1 N–H and O–H groups in total. The van der Waals surface area contributed by atoms with Crippen molar-refractivity contribution in [1.82, 2.24) is 14.9 Å². The lowest BCUT2D eigenvalue weighted by atomic mass is 9.82. The smallest absolute Gasteiger partial charge is 0.341 e. The Balaban J connectivity index is 1.61. The first-order valence-corrected chi connectivity index (χ1v) is 12.5. The van der Waals surface area contributed by atoms with Crippen LogP contribution in [0.4, 0.5) is 0 Å². The van der Waals surface area contributed by atoms with E-state index in [4.69, 9.17) is 4.74 Å². The number of rotatable bonds is 4. The molecule has 0 saturated carbocycles. The van der Waals surface area contributed by atoms with E-state index in [0.29, 0.717) is 23.5 Å². The molecule has 33 heavy (non-hydrogen) atoms. The average Bonchev–Trinajstić information content (AvgIpc) is 3.53. The predicted octanol–water partition coefficient (Wildman–Crippen LogP) is 5.69. The fourth-order valence-electron chi connectivity index (χ4n) is 4.34. The summed E-state index contributed by atoms with van der Waals surface area (Å²) in [5, 5.41) is 5.62. The molecule has 168 valence electrons. The number of aromatic amines is 1. The number of para-hydroxylation sites is 1. The van der Waals surface area contributed by atoms with Crippen LogP contribution in [0.5, 0.6) is 0 Å². The third kappa shape index (κ3) is 3.79. The largest absolute Gasteiger partial charge is 0.462 e. The second kappa shape index (κ2) is 8.28. The van der Waals surface area contributed by atoms with Crippen LogP contribution in [0.3, 0.4) is 0 Å². The number of fused-ring (bicyclic) bond motifs is 3. The van der Waals surface area contributed by atoms with E-state index in [0.717, 1.165) is 26.4 Å². The van der Waals surface area contributed by atoms with Crippen molar-refractivity contribution >= 4 is 51.0 Å². The van der Waals surface area contributed by atoms with Gasteiger partial charge in [-0.15, -0.1) is 22.7 Å². The zero-order chi connectivity index (χ0) is 23.2. The number of aromatic nitrogens is 2. The number of benzene rings is 1. The Hall–Kier alpha value is -3.23. The number of ether oxygens (including phenoxy) is 1. The van der Waals surface area contributed by atoms with Gasteiger partial charge in [-0.1, -0.05) is 38.1 Å². The number of thiophene rings is 1. The molecular formula is C25H23N3O3S2. The Kier molecular flexibility index (Phi) is 5.42. The van der Waals surface area contributed by atoms with Gasteiger partial charge in [0.05, 0.1) is 22.8 Å². The zero-order valence-corrected chi connectivity index (χ0v) is 20.2. The molecule has 0 saturated heterocycles. The molecule has 4 aromatic rings. The molecule has 5 rings (SSSR count). The van der Waals surface area contributed by atoms with Crippen molar-refractivity contribution in [2.75, 3.05) is 13.2 Å². The van der Waals surface area contributed by atoms with Gasteiger partial charge >= 0.3 is 5.97 Å². The van der Waals surface area contributed by atoms with Gasteiger partial charge in [0.2, 0.25) is 0 Å². The molecule has 0 unspecified atom stereocenters. The van der Waals surface area contributed by atoms with Gasteiger partial charge in [0.1, 0.15) is 10.7 Å². The highest BCUT2D eigenvalue weighted by molar-refractivity contribution is 7.20. The number of thiazole rings is 1. The highest BCUT2D eigenvalue weighted by atomic mass is 32.1. The maximum atomic E-state index is 13.6. The summed E-state index contributed by atoms with van der Waals surface area (Å²) in [5.41, 5.74) is 2.94. The number of esters is 1. The van der Waals surface area contributed by atoms with Gasteiger partial charge in [-0.2, -0.15) is 0 Å². The van der Waals surface area contributed by atoms with E-state index in [1.807, 2.05) is 41.8 Å². The lowest BCUT2D eigenvalue weighted by Gasteiger charge is -2.29. The Morgan fingerprint density at radius 1 is 1.18 bits per heavy atom. The van der Waals surface area contributed by atoms with Crippen molar-refractivity contribution in [3.8, 4) is 9.88 Å². The third-order valence-corrected chi connectivity index (χ3v) is 7.60. The second-order valence-electron chi connectivity index (χ2n) is 8.52. The van der Waals surface area contributed by atoms with E-state index in [-0.39, 0.29) is 12.5 Å². The molecule has 1 aliphatic rings. The van der Waals surface area contributed by atoms with Crippen molar-refractivity contribution in [3.63, 3.8) is 0 Å². The van der Waals surface area contributed by atoms with E-state index in [1.54, 1.807) is 34.7 Å².